The summed E-state index contributed by atoms with van der Waals surface area (Å²) in [6.07, 6.45) is -2.83. The molecule has 0 radical (unpaired) electrons. The van der Waals surface area contributed by atoms with Crippen LogP contribution >= 0.6 is 45.8 Å². The topological polar surface area (TPSA) is 42.8 Å². The van der Waals surface area contributed by atoms with Crippen LogP contribution in [0.4, 0.5) is 18.9 Å². The van der Waals surface area contributed by atoms with Crippen molar-refractivity contribution in [2.24, 2.45) is 5.10 Å². The van der Waals surface area contributed by atoms with Crippen LogP contribution in [0.15, 0.2) is 59.7 Å². The molecule has 3 aromatic rings. The van der Waals surface area contributed by atoms with Crippen molar-refractivity contribution in [1.29, 1.82) is 0 Å². The van der Waals surface area contributed by atoms with Gasteiger partial charge < -0.3 is 9.47 Å². The van der Waals surface area contributed by atoms with Gasteiger partial charge in [0.05, 0.1) is 27.6 Å². The van der Waals surface area contributed by atoms with Gasteiger partial charge in [-0.05, 0) is 83.6 Å². The van der Waals surface area contributed by atoms with E-state index >= 15 is 0 Å². The third kappa shape index (κ3) is 7.15. The second kappa shape index (κ2) is 11.3. The molecule has 0 amide bonds. The number of hydrogen-bond donors (Lipinski definition) is 1. The third-order valence-corrected chi connectivity index (χ3v) is 5.73. The lowest BCUT2D eigenvalue weighted by Gasteiger charge is -2.15. The monoisotopic (exact) mass is 608 g/mol. The fraction of sp³-hybridized carbons (Fsp3) is 0.174. The third-order valence-electron chi connectivity index (χ3n) is 4.34. The highest BCUT2D eigenvalue weighted by molar-refractivity contribution is 14.1. The summed E-state index contributed by atoms with van der Waals surface area (Å²) in [4.78, 5) is 0. The van der Waals surface area contributed by atoms with E-state index < -0.39 is 11.7 Å². The Balaban J connectivity index is 1.73. The van der Waals surface area contributed by atoms with Crippen molar-refractivity contribution in [3.63, 3.8) is 0 Å². The lowest BCUT2D eigenvalue weighted by Crippen LogP contribution is -2.04. The molecule has 3 rings (SSSR count). The molecule has 0 fully saturated rings. The van der Waals surface area contributed by atoms with Crippen LogP contribution in [0.25, 0.3) is 0 Å². The van der Waals surface area contributed by atoms with Crippen LogP contribution in [-0.2, 0) is 12.8 Å². The zero-order valence-electron chi connectivity index (χ0n) is 17.2. The Morgan fingerprint density at radius 2 is 1.76 bits per heavy atom. The number of rotatable bonds is 8. The zero-order valence-corrected chi connectivity index (χ0v) is 20.9. The van der Waals surface area contributed by atoms with Crippen molar-refractivity contribution < 1.29 is 22.6 Å². The molecule has 0 atom stereocenters. The number of nitrogens with one attached hydrogen (secondary N) is 1. The Labute approximate surface area is 212 Å². The molecule has 10 heteroatoms. The SMILES string of the molecule is CCOc1cc(/C=N/Nc2ccc(C(F)(F)F)cc2)cc(I)c1OCc1ccc(Cl)cc1Cl. The van der Waals surface area contributed by atoms with Gasteiger partial charge in [-0.2, -0.15) is 18.3 Å². The Morgan fingerprint density at radius 1 is 1.03 bits per heavy atom. The summed E-state index contributed by atoms with van der Waals surface area (Å²) in [5, 5.41) is 5.15. The maximum atomic E-state index is 12.7. The van der Waals surface area contributed by atoms with E-state index in [1.54, 1.807) is 30.5 Å². The molecule has 0 bridgehead atoms. The van der Waals surface area contributed by atoms with Gasteiger partial charge in [0.25, 0.3) is 0 Å². The van der Waals surface area contributed by atoms with Crippen molar-refractivity contribution in [2.45, 2.75) is 19.7 Å². The van der Waals surface area contributed by atoms with E-state index in [-0.39, 0.29) is 6.61 Å². The molecule has 0 heterocycles. The summed E-state index contributed by atoms with van der Waals surface area (Å²) in [5.74, 6) is 1.10. The highest BCUT2D eigenvalue weighted by Crippen LogP contribution is 2.35. The summed E-state index contributed by atoms with van der Waals surface area (Å²) in [5.41, 5.74) is 3.93. The molecule has 33 heavy (non-hydrogen) atoms. The zero-order chi connectivity index (χ0) is 24.0. The Morgan fingerprint density at radius 3 is 2.39 bits per heavy atom. The van der Waals surface area contributed by atoms with Crippen LogP contribution in [0.3, 0.4) is 0 Å². The van der Waals surface area contributed by atoms with Crippen LogP contribution in [0.5, 0.6) is 11.5 Å². The molecule has 0 aromatic heterocycles. The molecule has 0 spiro atoms. The van der Waals surface area contributed by atoms with Crippen molar-refractivity contribution in [2.75, 3.05) is 12.0 Å². The first-order valence-corrected chi connectivity index (χ1v) is 11.5. The van der Waals surface area contributed by atoms with E-state index in [2.05, 4.69) is 33.1 Å². The average molecular weight is 609 g/mol. The first-order chi connectivity index (χ1) is 15.7. The highest BCUT2D eigenvalue weighted by atomic mass is 127. The summed E-state index contributed by atoms with van der Waals surface area (Å²) in [7, 11) is 0. The summed E-state index contributed by atoms with van der Waals surface area (Å²) in [6.45, 7) is 2.52. The Hall–Kier alpha value is -2.17. The number of halogens is 6. The molecule has 0 saturated heterocycles. The van der Waals surface area contributed by atoms with Gasteiger partial charge in [-0.25, -0.2) is 0 Å². The number of benzene rings is 3. The fourth-order valence-electron chi connectivity index (χ4n) is 2.77. The number of nitrogens with zero attached hydrogens (tertiary/aromatic N) is 1. The minimum absolute atomic E-state index is 0.231. The van der Waals surface area contributed by atoms with E-state index in [1.807, 2.05) is 13.0 Å². The number of alkyl halides is 3. The molecule has 0 unspecified atom stereocenters. The van der Waals surface area contributed by atoms with Gasteiger partial charge >= 0.3 is 6.18 Å². The number of hydrogen-bond acceptors (Lipinski definition) is 4. The maximum Gasteiger partial charge on any atom is 0.416 e. The quantitative estimate of drug-likeness (QED) is 0.160. The predicted molar refractivity (Wildman–Crippen MR) is 134 cm³/mol. The molecule has 0 aliphatic heterocycles. The highest BCUT2D eigenvalue weighted by Gasteiger charge is 2.29. The van der Waals surface area contributed by atoms with Crippen LogP contribution in [0.2, 0.25) is 10.0 Å². The van der Waals surface area contributed by atoms with Gasteiger partial charge in [0.1, 0.15) is 6.61 Å². The van der Waals surface area contributed by atoms with Crippen LogP contribution < -0.4 is 14.9 Å². The summed E-state index contributed by atoms with van der Waals surface area (Å²) < 4.78 is 50.5. The minimum atomic E-state index is -4.38. The van der Waals surface area contributed by atoms with Crippen molar-refractivity contribution >= 4 is 57.7 Å². The van der Waals surface area contributed by atoms with Gasteiger partial charge in [-0.1, -0.05) is 29.3 Å². The van der Waals surface area contributed by atoms with Gasteiger partial charge in [0.2, 0.25) is 0 Å². The molecule has 1 N–H and O–H groups in total. The Kier molecular flexibility index (Phi) is 8.72. The van der Waals surface area contributed by atoms with E-state index in [0.29, 0.717) is 33.8 Å². The first-order valence-electron chi connectivity index (χ1n) is 9.66. The predicted octanol–water partition coefficient (Wildman–Crippen LogP) is 8.04. The number of anilines is 1. The number of ether oxygens (including phenoxy) is 2. The van der Waals surface area contributed by atoms with Crippen molar-refractivity contribution in [3.05, 3.63) is 84.9 Å². The minimum Gasteiger partial charge on any atom is -0.490 e. The summed E-state index contributed by atoms with van der Waals surface area (Å²) >= 11 is 14.3. The van der Waals surface area contributed by atoms with Gasteiger partial charge in [-0.15, -0.1) is 0 Å². The van der Waals surface area contributed by atoms with Crippen LogP contribution in [0.1, 0.15) is 23.6 Å². The molecule has 0 saturated carbocycles. The smallest absolute Gasteiger partial charge is 0.416 e. The molecule has 0 aliphatic rings. The van der Waals surface area contributed by atoms with Crippen molar-refractivity contribution in [1.82, 2.24) is 0 Å². The van der Waals surface area contributed by atoms with Gasteiger partial charge in [0.15, 0.2) is 11.5 Å². The Bertz CT molecular complexity index is 1140. The maximum absolute atomic E-state index is 12.7. The molecular weight excluding hydrogens is 591 g/mol. The average Bonchev–Trinajstić information content (AvgIpc) is 2.74. The molecule has 174 valence electrons. The second-order valence-electron chi connectivity index (χ2n) is 6.73. The summed E-state index contributed by atoms with van der Waals surface area (Å²) in [6, 6.07) is 13.4. The molecular formula is C23H18Cl2F3IN2O2. The normalized spacial score (nSPS) is 11.6. The lowest BCUT2D eigenvalue weighted by atomic mass is 10.2. The van der Waals surface area contributed by atoms with E-state index in [1.165, 1.54) is 12.1 Å². The van der Waals surface area contributed by atoms with Crippen molar-refractivity contribution in [3.8, 4) is 11.5 Å². The lowest BCUT2D eigenvalue weighted by molar-refractivity contribution is -0.137. The van der Waals surface area contributed by atoms with Gasteiger partial charge in [0, 0.05) is 15.6 Å². The molecule has 4 nitrogen and oxygen atoms in total. The van der Waals surface area contributed by atoms with E-state index in [0.717, 1.165) is 26.8 Å². The van der Waals surface area contributed by atoms with Crippen LogP contribution in [0, 0.1) is 3.57 Å². The molecule has 0 aliphatic carbocycles. The molecule has 3 aromatic carbocycles. The van der Waals surface area contributed by atoms with Gasteiger partial charge in [-0.3, -0.25) is 5.43 Å². The number of hydrazone groups is 1. The van der Waals surface area contributed by atoms with E-state index in [4.69, 9.17) is 32.7 Å². The standard InChI is InChI=1S/C23H18Cl2F3IN2O2/c1-2-32-21-10-14(12-30-31-18-7-4-16(5-8-18)23(26,27)28)9-20(29)22(21)33-13-15-3-6-17(24)11-19(15)25/h3-12,31H,2,13H2,1H3/b30-12+. The first kappa shape index (κ1) is 25.5. The fourth-order valence-corrected chi connectivity index (χ4v) is 4.01. The second-order valence-corrected chi connectivity index (χ2v) is 8.74. The van der Waals surface area contributed by atoms with Crippen LogP contribution in [-0.4, -0.2) is 12.8 Å². The largest absolute Gasteiger partial charge is 0.490 e. The van der Waals surface area contributed by atoms with E-state index in [9.17, 15) is 13.2 Å².